The highest BCUT2D eigenvalue weighted by atomic mass is 79.9. The number of guanidine groups is 1. The van der Waals surface area contributed by atoms with Crippen LogP contribution < -0.4 is 20.1 Å². The monoisotopic (exact) mass is 387 g/mol. The maximum absolute atomic E-state index is 5.34. The molecule has 0 heterocycles. The summed E-state index contributed by atoms with van der Waals surface area (Å²) in [6, 6.07) is 3.82. The molecular formula is C16H26BrN3O3. The van der Waals surface area contributed by atoms with Gasteiger partial charge in [-0.3, -0.25) is 0 Å². The van der Waals surface area contributed by atoms with Crippen molar-refractivity contribution in [1.29, 1.82) is 0 Å². The SMILES string of the molecule is CCNC(=NCc1cc(OC)c(OC)cc1Br)NCCCOC. The Bertz CT molecular complexity index is 510. The van der Waals surface area contributed by atoms with Crippen LogP contribution in [0.1, 0.15) is 18.9 Å². The molecule has 0 amide bonds. The molecule has 0 aromatic heterocycles. The second kappa shape index (κ2) is 11.1. The summed E-state index contributed by atoms with van der Waals surface area (Å²) in [4.78, 5) is 4.60. The quantitative estimate of drug-likeness (QED) is 0.387. The zero-order chi connectivity index (χ0) is 17.1. The van der Waals surface area contributed by atoms with Gasteiger partial charge in [0.1, 0.15) is 0 Å². The van der Waals surface area contributed by atoms with Crippen molar-refractivity contribution in [2.75, 3.05) is 41.0 Å². The number of hydrogen-bond donors (Lipinski definition) is 2. The highest BCUT2D eigenvalue weighted by Gasteiger charge is 2.09. The number of halogens is 1. The molecule has 0 aliphatic carbocycles. The molecule has 23 heavy (non-hydrogen) atoms. The van der Waals surface area contributed by atoms with Crippen molar-refractivity contribution in [2.45, 2.75) is 19.9 Å². The number of methoxy groups -OCH3 is 3. The van der Waals surface area contributed by atoms with Crippen LogP contribution in [0.4, 0.5) is 0 Å². The van der Waals surface area contributed by atoms with Gasteiger partial charge in [-0.25, -0.2) is 4.99 Å². The van der Waals surface area contributed by atoms with Gasteiger partial charge in [0.25, 0.3) is 0 Å². The Labute approximate surface area is 146 Å². The summed E-state index contributed by atoms with van der Waals surface area (Å²) in [6.07, 6.45) is 0.932. The molecule has 1 rings (SSSR count). The molecule has 0 aliphatic rings. The Morgan fingerprint density at radius 3 is 2.43 bits per heavy atom. The Balaban J connectivity index is 2.77. The Morgan fingerprint density at radius 1 is 1.13 bits per heavy atom. The summed E-state index contributed by atoms with van der Waals surface area (Å²) in [5.41, 5.74) is 1.02. The number of benzene rings is 1. The Kier molecular flexibility index (Phi) is 9.47. The van der Waals surface area contributed by atoms with Crippen LogP contribution in [0.3, 0.4) is 0 Å². The lowest BCUT2D eigenvalue weighted by Crippen LogP contribution is -2.38. The lowest BCUT2D eigenvalue weighted by Gasteiger charge is -2.13. The van der Waals surface area contributed by atoms with E-state index < -0.39 is 0 Å². The van der Waals surface area contributed by atoms with E-state index in [0.717, 1.165) is 42.1 Å². The molecule has 7 heteroatoms. The average molecular weight is 388 g/mol. The molecule has 0 radical (unpaired) electrons. The fourth-order valence-electron chi connectivity index (χ4n) is 1.95. The average Bonchev–Trinajstić information content (AvgIpc) is 2.56. The van der Waals surface area contributed by atoms with E-state index in [0.29, 0.717) is 18.0 Å². The number of hydrogen-bond acceptors (Lipinski definition) is 4. The van der Waals surface area contributed by atoms with E-state index >= 15 is 0 Å². The van der Waals surface area contributed by atoms with Crippen molar-refractivity contribution in [1.82, 2.24) is 10.6 Å². The summed E-state index contributed by atoms with van der Waals surface area (Å²) in [5.74, 6) is 2.17. The van der Waals surface area contributed by atoms with Crippen molar-refractivity contribution in [3.05, 3.63) is 22.2 Å². The molecular weight excluding hydrogens is 362 g/mol. The van der Waals surface area contributed by atoms with Gasteiger partial charge >= 0.3 is 0 Å². The van der Waals surface area contributed by atoms with Gasteiger partial charge in [-0.2, -0.15) is 0 Å². The number of nitrogens with zero attached hydrogens (tertiary/aromatic N) is 1. The van der Waals surface area contributed by atoms with E-state index in [1.807, 2.05) is 19.1 Å². The predicted octanol–water partition coefficient (Wildman–Crippen LogP) is 2.56. The van der Waals surface area contributed by atoms with Gasteiger partial charge in [-0.15, -0.1) is 0 Å². The minimum absolute atomic E-state index is 0.528. The Morgan fingerprint density at radius 2 is 1.83 bits per heavy atom. The summed E-state index contributed by atoms with van der Waals surface area (Å²) < 4.78 is 16.6. The minimum Gasteiger partial charge on any atom is -0.493 e. The molecule has 1 aromatic rings. The van der Waals surface area contributed by atoms with Crippen LogP contribution in [0.15, 0.2) is 21.6 Å². The van der Waals surface area contributed by atoms with Crippen LogP contribution in [-0.4, -0.2) is 47.0 Å². The van der Waals surface area contributed by atoms with Gasteiger partial charge in [0.2, 0.25) is 0 Å². The number of rotatable bonds is 9. The molecule has 0 bridgehead atoms. The zero-order valence-electron chi connectivity index (χ0n) is 14.2. The summed E-state index contributed by atoms with van der Waals surface area (Å²) in [7, 11) is 4.95. The molecule has 0 unspecified atom stereocenters. The molecule has 0 saturated carbocycles. The first-order valence-electron chi connectivity index (χ1n) is 7.57. The third-order valence-electron chi connectivity index (χ3n) is 3.12. The van der Waals surface area contributed by atoms with Crippen LogP contribution in [0, 0.1) is 0 Å². The first-order chi connectivity index (χ1) is 11.2. The molecule has 0 spiro atoms. The fourth-order valence-corrected chi connectivity index (χ4v) is 2.39. The van der Waals surface area contributed by atoms with E-state index in [1.165, 1.54) is 0 Å². The first kappa shape index (κ1) is 19.6. The summed E-state index contributed by atoms with van der Waals surface area (Å²) >= 11 is 3.55. The second-order valence-electron chi connectivity index (χ2n) is 4.77. The molecule has 0 saturated heterocycles. The van der Waals surface area contributed by atoms with Crippen molar-refractivity contribution in [3.8, 4) is 11.5 Å². The second-order valence-corrected chi connectivity index (χ2v) is 5.62. The van der Waals surface area contributed by atoms with E-state index in [2.05, 4.69) is 31.6 Å². The lowest BCUT2D eigenvalue weighted by atomic mass is 10.2. The maximum atomic E-state index is 5.34. The molecule has 0 atom stereocenters. The molecule has 2 N–H and O–H groups in total. The van der Waals surface area contributed by atoms with Crippen LogP contribution in [0.25, 0.3) is 0 Å². The van der Waals surface area contributed by atoms with Crippen molar-refractivity contribution >= 4 is 21.9 Å². The predicted molar refractivity (Wildman–Crippen MR) is 96.6 cm³/mol. The highest BCUT2D eigenvalue weighted by molar-refractivity contribution is 9.10. The van der Waals surface area contributed by atoms with Gasteiger partial charge in [-0.1, -0.05) is 15.9 Å². The normalized spacial score (nSPS) is 11.3. The van der Waals surface area contributed by atoms with Crippen LogP contribution in [-0.2, 0) is 11.3 Å². The molecule has 1 aromatic carbocycles. The number of nitrogens with one attached hydrogen (secondary N) is 2. The summed E-state index contributed by atoms with van der Waals surface area (Å²) in [5, 5.41) is 6.51. The Hall–Kier alpha value is -1.47. The first-order valence-corrected chi connectivity index (χ1v) is 8.37. The molecule has 6 nitrogen and oxygen atoms in total. The standard InChI is InChI=1S/C16H26BrN3O3/c1-5-18-16(19-7-6-8-21-2)20-11-12-9-14(22-3)15(23-4)10-13(12)17/h9-10H,5-8,11H2,1-4H3,(H2,18,19,20). The van der Waals surface area contributed by atoms with E-state index in [9.17, 15) is 0 Å². The molecule has 0 fully saturated rings. The van der Waals surface area contributed by atoms with Crippen molar-refractivity contribution in [3.63, 3.8) is 0 Å². The van der Waals surface area contributed by atoms with Crippen molar-refractivity contribution < 1.29 is 14.2 Å². The lowest BCUT2D eigenvalue weighted by molar-refractivity contribution is 0.195. The molecule has 130 valence electrons. The number of ether oxygens (including phenoxy) is 3. The number of aliphatic imine (C=N–C) groups is 1. The third-order valence-corrected chi connectivity index (χ3v) is 3.86. The summed E-state index contributed by atoms with van der Waals surface area (Å²) in [6.45, 7) is 4.92. The van der Waals surface area contributed by atoms with Crippen molar-refractivity contribution in [2.24, 2.45) is 4.99 Å². The van der Waals surface area contributed by atoms with E-state index in [-0.39, 0.29) is 0 Å². The van der Waals surface area contributed by atoms with Crippen LogP contribution >= 0.6 is 15.9 Å². The largest absolute Gasteiger partial charge is 0.493 e. The van der Waals surface area contributed by atoms with Gasteiger partial charge in [-0.05, 0) is 31.0 Å². The van der Waals surface area contributed by atoms with Gasteiger partial charge < -0.3 is 24.8 Å². The van der Waals surface area contributed by atoms with E-state index in [4.69, 9.17) is 14.2 Å². The van der Waals surface area contributed by atoms with Gasteiger partial charge in [0, 0.05) is 31.3 Å². The minimum atomic E-state index is 0.528. The smallest absolute Gasteiger partial charge is 0.191 e. The zero-order valence-corrected chi connectivity index (χ0v) is 15.8. The third kappa shape index (κ3) is 6.66. The van der Waals surface area contributed by atoms with Crippen LogP contribution in [0.2, 0.25) is 0 Å². The topological polar surface area (TPSA) is 64.1 Å². The van der Waals surface area contributed by atoms with Gasteiger partial charge in [0.05, 0.1) is 20.8 Å². The van der Waals surface area contributed by atoms with E-state index in [1.54, 1.807) is 21.3 Å². The highest BCUT2D eigenvalue weighted by Crippen LogP contribution is 2.33. The molecule has 0 aliphatic heterocycles. The fraction of sp³-hybridized carbons (Fsp3) is 0.562. The van der Waals surface area contributed by atoms with Crippen LogP contribution in [0.5, 0.6) is 11.5 Å². The van der Waals surface area contributed by atoms with Gasteiger partial charge in [0.15, 0.2) is 17.5 Å². The maximum Gasteiger partial charge on any atom is 0.191 e.